The summed E-state index contributed by atoms with van der Waals surface area (Å²) in [6.45, 7) is 2.61. The van der Waals surface area contributed by atoms with E-state index in [1.807, 2.05) is 6.92 Å². The number of rotatable bonds is 3. The molecule has 0 aromatic heterocycles. The van der Waals surface area contributed by atoms with Crippen LogP contribution in [-0.4, -0.2) is 31.2 Å². The van der Waals surface area contributed by atoms with Gasteiger partial charge in [0.1, 0.15) is 4.90 Å². The number of alkyl halides is 1. The minimum atomic E-state index is -3.82. The molecule has 1 fully saturated rings. The van der Waals surface area contributed by atoms with Crippen molar-refractivity contribution in [3.05, 3.63) is 28.0 Å². The molecule has 1 heterocycles. The van der Waals surface area contributed by atoms with E-state index in [-0.39, 0.29) is 21.2 Å². The summed E-state index contributed by atoms with van der Waals surface area (Å²) >= 11 is 17.4. The van der Waals surface area contributed by atoms with Crippen molar-refractivity contribution in [3.8, 4) is 0 Å². The van der Waals surface area contributed by atoms with Crippen molar-refractivity contribution in [1.29, 1.82) is 0 Å². The van der Waals surface area contributed by atoms with Crippen molar-refractivity contribution >= 4 is 44.8 Å². The Morgan fingerprint density at radius 3 is 2.38 bits per heavy atom. The highest BCUT2D eigenvalue weighted by Gasteiger charge is 2.33. The fraction of sp³-hybridized carbons (Fsp3) is 0.538. The van der Waals surface area contributed by atoms with Crippen LogP contribution in [-0.2, 0) is 10.0 Å². The molecule has 0 spiro atoms. The van der Waals surface area contributed by atoms with Crippen molar-refractivity contribution in [2.24, 2.45) is 5.92 Å². The first-order valence-electron chi connectivity index (χ1n) is 6.53. The minimum absolute atomic E-state index is 0.00594. The van der Waals surface area contributed by atoms with Crippen LogP contribution in [0, 0.1) is 11.7 Å². The second-order valence-electron chi connectivity index (χ2n) is 5.09. The largest absolute Gasteiger partial charge is 0.244 e. The maximum Gasteiger partial charge on any atom is 0.244 e. The molecule has 0 bridgehead atoms. The van der Waals surface area contributed by atoms with Crippen LogP contribution in [0.2, 0.25) is 10.0 Å². The van der Waals surface area contributed by atoms with Gasteiger partial charge in [-0.25, -0.2) is 12.8 Å². The monoisotopic (exact) mass is 373 g/mol. The Kier molecular flexibility index (Phi) is 5.42. The Morgan fingerprint density at radius 2 is 1.86 bits per heavy atom. The third kappa shape index (κ3) is 3.48. The van der Waals surface area contributed by atoms with Crippen molar-refractivity contribution in [2.45, 2.75) is 30.0 Å². The molecule has 0 amide bonds. The standard InChI is InChI=1S/C13H15Cl3FNO2S/c1-8(14)9-4-6-18(7-5-9)21(19,20)11-3-2-10(15)13(17)12(11)16/h2-3,8-9H,4-7H2,1H3. The molecule has 1 aromatic rings. The topological polar surface area (TPSA) is 37.4 Å². The maximum atomic E-state index is 13.7. The summed E-state index contributed by atoms with van der Waals surface area (Å²) in [5, 5.41) is -0.657. The molecule has 0 radical (unpaired) electrons. The van der Waals surface area contributed by atoms with E-state index in [2.05, 4.69) is 0 Å². The van der Waals surface area contributed by atoms with E-state index in [9.17, 15) is 12.8 Å². The van der Waals surface area contributed by atoms with E-state index in [0.29, 0.717) is 25.9 Å². The normalized spacial score (nSPS) is 19.7. The van der Waals surface area contributed by atoms with Gasteiger partial charge >= 0.3 is 0 Å². The highest BCUT2D eigenvalue weighted by atomic mass is 35.5. The first-order valence-corrected chi connectivity index (χ1v) is 9.16. The van der Waals surface area contributed by atoms with Gasteiger partial charge < -0.3 is 0 Å². The predicted octanol–water partition coefficient (Wildman–Crippen LogP) is 4.16. The molecule has 1 atom stereocenters. The van der Waals surface area contributed by atoms with Gasteiger partial charge in [-0.05, 0) is 37.8 Å². The zero-order valence-electron chi connectivity index (χ0n) is 11.3. The molecule has 21 heavy (non-hydrogen) atoms. The highest BCUT2D eigenvalue weighted by Crippen LogP contribution is 2.33. The Labute approximate surface area is 139 Å². The summed E-state index contributed by atoms with van der Waals surface area (Å²) in [5.74, 6) is -0.626. The Morgan fingerprint density at radius 1 is 1.29 bits per heavy atom. The first kappa shape index (κ1) is 17.3. The lowest BCUT2D eigenvalue weighted by Crippen LogP contribution is -2.40. The van der Waals surface area contributed by atoms with Crippen molar-refractivity contribution in [2.75, 3.05) is 13.1 Å². The van der Waals surface area contributed by atoms with Crippen LogP contribution >= 0.6 is 34.8 Å². The number of hydrogen-bond donors (Lipinski definition) is 0. The summed E-state index contributed by atoms with van der Waals surface area (Å²) in [6.07, 6.45) is 1.36. The van der Waals surface area contributed by atoms with Crippen molar-refractivity contribution in [3.63, 3.8) is 0 Å². The van der Waals surface area contributed by atoms with Gasteiger partial charge in [0.05, 0.1) is 10.0 Å². The molecule has 1 aromatic carbocycles. The molecule has 2 rings (SSSR count). The zero-order valence-corrected chi connectivity index (χ0v) is 14.4. The molecule has 1 aliphatic heterocycles. The van der Waals surface area contributed by atoms with E-state index in [1.54, 1.807) is 0 Å². The maximum absolute atomic E-state index is 13.7. The van der Waals surface area contributed by atoms with Crippen molar-refractivity contribution < 1.29 is 12.8 Å². The third-order valence-corrected chi connectivity index (χ3v) is 6.84. The Hall–Kier alpha value is -0.0700. The van der Waals surface area contributed by atoms with Gasteiger partial charge in [-0.15, -0.1) is 11.6 Å². The van der Waals surface area contributed by atoms with E-state index in [4.69, 9.17) is 34.8 Å². The number of benzene rings is 1. The van der Waals surface area contributed by atoms with Gasteiger partial charge in [0, 0.05) is 18.5 Å². The molecule has 1 unspecified atom stereocenters. The number of piperidine rings is 1. The second-order valence-corrected chi connectivity index (χ2v) is 8.47. The summed E-state index contributed by atoms with van der Waals surface area (Å²) in [4.78, 5) is -0.247. The lowest BCUT2D eigenvalue weighted by atomic mass is 9.95. The fourth-order valence-corrected chi connectivity index (χ4v) is 4.86. The molecule has 118 valence electrons. The van der Waals surface area contributed by atoms with E-state index >= 15 is 0 Å². The van der Waals surface area contributed by atoms with Gasteiger partial charge in [-0.1, -0.05) is 23.2 Å². The number of hydrogen-bond acceptors (Lipinski definition) is 2. The second kappa shape index (κ2) is 6.59. The molecule has 1 aliphatic rings. The zero-order chi connectivity index (χ0) is 15.8. The molecule has 0 saturated carbocycles. The first-order chi connectivity index (χ1) is 9.75. The lowest BCUT2D eigenvalue weighted by molar-refractivity contribution is 0.271. The third-order valence-electron chi connectivity index (χ3n) is 3.77. The smallest absolute Gasteiger partial charge is 0.207 e. The molecule has 3 nitrogen and oxygen atoms in total. The number of sulfonamides is 1. The van der Waals surface area contributed by atoms with Crippen LogP contribution in [0.1, 0.15) is 19.8 Å². The molecule has 0 aliphatic carbocycles. The minimum Gasteiger partial charge on any atom is -0.207 e. The molecule has 0 N–H and O–H groups in total. The van der Waals surface area contributed by atoms with Gasteiger partial charge in [0.2, 0.25) is 10.0 Å². The van der Waals surface area contributed by atoms with E-state index < -0.39 is 20.9 Å². The highest BCUT2D eigenvalue weighted by molar-refractivity contribution is 7.89. The van der Waals surface area contributed by atoms with Crippen LogP contribution in [0.15, 0.2) is 17.0 Å². The Balaban J connectivity index is 2.26. The fourth-order valence-electron chi connectivity index (χ4n) is 2.42. The predicted molar refractivity (Wildman–Crippen MR) is 83.2 cm³/mol. The summed E-state index contributed by atoms with van der Waals surface area (Å²) < 4.78 is 40.1. The Bertz CT molecular complexity index is 629. The SMILES string of the molecule is CC(Cl)C1CCN(S(=O)(=O)c2ccc(Cl)c(F)c2Cl)CC1. The van der Waals surface area contributed by atoms with Crippen LogP contribution < -0.4 is 0 Å². The average Bonchev–Trinajstić information content (AvgIpc) is 2.44. The van der Waals surface area contributed by atoms with Gasteiger partial charge in [-0.2, -0.15) is 4.31 Å². The van der Waals surface area contributed by atoms with E-state index in [0.717, 1.165) is 0 Å². The van der Waals surface area contributed by atoms with Crippen LogP contribution in [0.4, 0.5) is 4.39 Å². The van der Waals surface area contributed by atoms with Gasteiger partial charge in [0.25, 0.3) is 0 Å². The molecule has 8 heteroatoms. The van der Waals surface area contributed by atoms with Crippen LogP contribution in [0.25, 0.3) is 0 Å². The number of nitrogens with zero attached hydrogens (tertiary/aromatic N) is 1. The van der Waals surface area contributed by atoms with Gasteiger partial charge in [0.15, 0.2) is 5.82 Å². The molecular formula is C13H15Cl3FNO2S. The molecule has 1 saturated heterocycles. The van der Waals surface area contributed by atoms with E-state index in [1.165, 1.54) is 16.4 Å². The summed E-state index contributed by atoms with van der Waals surface area (Å²) in [7, 11) is -3.82. The number of halogens is 4. The van der Waals surface area contributed by atoms with Crippen LogP contribution in [0.3, 0.4) is 0 Å². The lowest BCUT2D eigenvalue weighted by Gasteiger charge is -2.32. The molecular weight excluding hydrogens is 360 g/mol. The summed E-state index contributed by atoms with van der Waals surface area (Å²) in [5.41, 5.74) is 0. The van der Waals surface area contributed by atoms with Crippen LogP contribution in [0.5, 0.6) is 0 Å². The quantitative estimate of drug-likeness (QED) is 0.588. The van der Waals surface area contributed by atoms with Gasteiger partial charge in [-0.3, -0.25) is 0 Å². The summed E-state index contributed by atoms with van der Waals surface area (Å²) in [6, 6.07) is 2.43. The average molecular weight is 375 g/mol. The van der Waals surface area contributed by atoms with Crippen molar-refractivity contribution in [1.82, 2.24) is 4.31 Å².